The van der Waals surface area contributed by atoms with Crippen molar-refractivity contribution >= 4 is 5.91 Å². The Labute approximate surface area is 135 Å². The highest BCUT2D eigenvalue weighted by Gasteiger charge is 2.31. The Morgan fingerprint density at radius 2 is 1.87 bits per heavy atom. The minimum Gasteiger partial charge on any atom is -0.329 e. The van der Waals surface area contributed by atoms with Crippen LogP contribution in [0.2, 0.25) is 0 Å². The van der Waals surface area contributed by atoms with Gasteiger partial charge in [-0.15, -0.1) is 0 Å². The zero-order valence-electron chi connectivity index (χ0n) is 13.5. The number of hydrogen-bond donors (Lipinski definition) is 1. The van der Waals surface area contributed by atoms with Crippen LogP contribution in [0, 0.1) is 6.92 Å². The van der Waals surface area contributed by atoms with Crippen molar-refractivity contribution in [3.63, 3.8) is 0 Å². The van der Waals surface area contributed by atoms with Gasteiger partial charge >= 0.3 is 0 Å². The molecular weight excluding hydrogens is 290 g/mol. The monoisotopic (exact) mass is 311 g/mol. The van der Waals surface area contributed by atoms with E-state index in [9.17, 15) is 9.59 Å². The fourth-order valence-electron chi connectivity index (χ4n) is 3.02. The summed E-state index contributed by atoms with van der Waals surface area (Å²) < 4.78 is 0. The van der Waals surface area contributed by atoms with Crippen molar-refractivity contribution < 1.29 is 4.79 Å². The Bertz CT molecular complexity index is 754. The molecule has 1 atom stereocenters. The fraction of sp³-hybridized carbons (Fsp3) is 0.333. The Balaban J connectivity index is 1.95. The van der Waals surface area contributed by atoms with Gasteiger partial charge < -0.3 is 14.8 Å². The maximum absolute atomic E-state index is 12.9. The van der Waals surface area contributed by atoms with Crippen molar-refractivity contribution in [2.24, 2.45) is 0 Å². The van der Waals surface area contributed by atoms with Crippen molar-refractivity contribution in [1.29, 1.82) is 0 Å². The Morgan fingerprint density at radius 1 is 1.13 bits per heavy atom. The predicted octanol–water partition coefficient (Wildman–Crippen LogP) is 1.81. The number of aromatic nitrogens is 1. The highest BCUT2D eigenvalue weighted by molar-refractivity contribution is 5.94. The Hall–Kier alpha value is -2.40. The van der Waals surface area contributed by atoms with Crippen LogP contribution in [-0.2, 0) is 0 Å². The van der Waals surface area contributed by atoms with E-state index in [1.807, 2.05) is 35.2 Å². The molecular formula is C18H21N3O2. The third-order valence-corrected chi connectivity index (χ3v) is 4.31. The van der Waals surface area contributed by atoms with Crippen LogP contribution in [-0.4, -0.2) is 47.4 Å². The molecule has 1 amide bonds. The zero-order valence-corrected chi connectivity index (χ0v) is 13.5. The summed E-state index contributed by atoms with van der Waals surface area (Å²) in [7, 11) is 2.05. The molecule has 0 saturated carbocycles. The van der Waals surface area contributed by atoms with Crippen molar-refractivity contribution in [2.45, 2.75) is 13.0 Å². The average Bonchev–Trinajstić information content (AvgIpc) is 2.55. The summed E-state index contributed by atoms with van der Waals surface area (Å²) in [6, 6.07) is 13.3. The number of aryl methyl sites for hydroxylation is 1. The lowest BCUT2D eigenvalue weighted by Gasteiger charge is -2.40. The van der Waals surface area contributed by atoms with Gasteiger partial charge in [0.15, 0.2) is 0 Å². The number of piperazine rings is 1. The van der Waals surface area contributed by atoms with Gasteiger partial charge in [0, 0.05) is 25.3 Å². The van der Waals surface area contributed by atoms with E-state index in [4.69, 9.17) is 0 Å². The molecule has 3 rings (SSSR count). The SMILES string of the molecule is Cc1ccc(C(=O)N2CCN(C)CC2c2ccccc2)c(=O)[nH]1. The van der Waals surface area contributed by atoms with E-state index in [-0.39, 0.29) is 23.1 Å². The number of amides is 1. The van der Waals surface area contributed by atoms with E-state index >= 15 is 0 Å². The summed E-state index contributed by atoms with van der Waals surface area (Å²) in [6.45, 7) is 3.98. The minimum absolute atomic E-state index is 0.0387. The van der Waals surface area contributed by atoms with Gasteiger partial charge in [-0.25, -0.2) is 0 Å². The normalized spacial score (nSPS) is 18.9. The number of likely N-dealkylation sites (N-methyl/N-ethyl adjacent to an activating group) is 1. The molecule has 1 aliphatic rings. The number of carbonyl (C=O) groups is 1. The second-order valence-electron chi connectivity index (χ2n) is 6.07. The standard InChI is InChI=1S/C18H21N3O2/c1-13-8-9-15(17(22)19-13)18(23)21-11-10-20(2)12-16(21)14-6-4-3-5-7-14/h3-9,16H,10-12H2,1-2H3,(H,19,22). The smallest absolute Gasteiger partial charge is 0.260 e. The first-order chi connectivity index (χ1) is 11.1. The minimum atomic E-state index is -0.319. The molecule has 0 aliphatic carbocycles. The molecule has 1 aliphatic heterocycles. The van der Waals surface area contributed by atoms with Crippen LogP contribution in [0.1, 0.15) is 27.7 Å². The predicted molar refractivity (Wildman–Crippen MR) is 89.5 cm³/mol. The number of pyridine rings is 1. The molecule has 1 unspecified atom stereocenters. The van der Waals surface area contributed by atoms with E-state index in [2.05, 4.69) is 16.9 Å². The Kier molecular flexibility index (Phi) is 4.30. The van der Waals surface area contributed by atoms with Gasteiger partial charge in [-0.2, -0.15) is 0 Å². The van der Waals surface area contributed by atoms with E-state index in [0.29, 0.717) is 6.54 Å². The first kappa shape index (κ1) is 15.5. The molecule has 1 saturated heterocycles. The summed E-state index contributed by atoms with van der Waals surface area (Å²) in [5, 5.41) is 0. The molecule has 1 aromatic heterocycles. The van der Waals surface area contributed by atoms with Gasteiger partial charge in [-0.05, 0) is 31.7 Å². The lowest BCUT2D eigenvalue weighted by molar-refractivity contribution is 0.0496. The van der Waals surface area contributed by atoms with E-state index < -0.39 is 0 Å². The second-order valence-corrected chi connectivity index (χ2v) is 6.07. The molecule has 1 fully saturated rings. The van der Waals surface area contributed by atoms with Crippen LogP contribution < -0.4 is 5.56 Å². The van der Waals surface area contributed by atoms with Gasteiger partial charge in [0.05, 0.1) is 6.04 Å². The molecule has 120 valence electrons. The number of nitrogens with one attached hydrogen (secondary N) is 1. The van der Waals surface area contributed by atoms with E-state index in [1.54, 1.807) is 19.1 Å². The number of rotatable bonds is 2. The first-order valence-electron chi connectivity index (χ1n) is 7.80. The lowest BCUT2D eigenvalue weighted by atomic mass is 10.0. The zero-order chi connectivity index (χ0) is 16.4. The molecule has 0 bridgehead atoms. The number of H-pyrrole nitrogens is 1. The van der Waals surface area contributed by atoms with Crippen molar-refractivity contribution in [1.82, 2.24) is 14.8 Å². The maximum Gasteiger partial charge on any atom is 0.260 e. The number of carbonyl (C=O) groups excluding carboxylic acids is 1. The second kappa shape index (κ2) is 6.38. The van der Waals surface area contributed by atoms with Crippen LogP contribution in [0.15, 0.2) is 47.3 Å². The number of hydrogen-bond acceptors (Lipinski definition) is 3. The molecule has 5 heteroatoms. The molecule has 5 nitrogen and oxygen atoms in total. The molecule has 23 heavy (non-hydrogen) atoms. The van der Waals surface area contributed by atoms with E-state index in [1.165, 1.54) is 0 Å². The summed E-state index contributed by atoms with van der Waals surface area (Å²) in [5.74, 6) is -0.201. The summed E-state index contributed by atoms with van der Waals surface area (Å²) in [6.07, 6.45) is 0. The maximum atomic E-state index is 12.9. The summed E-state index contributed by atoms with van der Waals surface area (Å²) >= 11 is 0. The van der Waals surface area contributed by atoms with Crippen LogP contribution in [0.4, 0.5) is 0 Å². The molecule has 2 heterocycles. The largest absolute Gasteiger partial charge is 0.329 e. The molecule has 0 radical (unpaired) electrons. The molecule has 2 aromatic rings. The third-order valence-electron chi connectivity index (χ3n) is 4.31. The average molecular weight is 311 g/mol. The molecule has 1 N–H and O–H groups in total. The highest BCUT2D eigenvalue weighted by Crippen LogP contribution is 2.26. The highest BCUT2D eigenvalue weighted by atomic mass is 16.2. The molecule has 1 aromatic carbocycles. The summed E-state index contributed by atoms with van der Waals surface area (Å²) in [5.41, 5.74) is 1.74. The fourth-order valence-corrected chi connectivity index (χ4v) is 3.02. The van der Waals surface area contributed by atoms with Crippen molar-refractivity contribution in [3.8, 4) is 0 Å². The molecule has 0 spiro atoms. The topological polar surface area (TPSA) is 56.4 Å². The quantitative estimate of drug-likeness (QED) is 0.920. The van der Waals surface area contributed by atoms with Gasteiger partial charge in [-0.3, -0.25) is 9.59 Å². The van der Waals surface area contributed by atoms with Crippen LogP contribution in [0.25, 0.3) is 0 Å². The van der Waals surface area contributed by atoms with Gasteiger partial charge in [0.1, 0.15) is 5.56 Å². The van der Waals surface area contributed by atoms with Crippen molar-refractivity contribution in [3.05, 3.63) is 69.6 Å². The van der Waals surface area contributed by atoms with Gasteiger partial charge in [0.2, 0.25) is 0 Å². The Morgan fingerprint density at radius 3 is 2.57 bits per heavy atom. The van der Waals surface area contributed by atoms with Gasteiger partial charge in [0.25, 0.3) is 11.5 Å². The summed E-state index contributed by atoms with van der Waals surface area (Å²) in [4.78, 5) is 31.8. The number of aromatic amines is 1. The number of nitrogens with zero attached hydrogens (tertiary/aromatic N) is 2. The van der Waals surface area contributed by atoms with Crippen molar-refractivity contribution in [2.75, 3.05) is 26.7 Å². The van der Waals surface area contributed by atoms with Crippen LogP contribution in [0.5, 0.6) is 0 Å². The van der Waals surface area contributed by atoms with Crippen LogP contribution >= 0.6 is 0 Å². The first-order valence-corrected chi connectivity index (χ1v) is 7.80. The van der Waals surface area contributed by atoms with Gasteiger partial charge in [-0.1, -0.05) is 30.3 Å². The number of benzene rings is 1. The van der Waals surface area contributed by atoms with Crippen LogP contribution in [0.3, 0.4) is 0 Å². The van der Waals surface area contributed by atoms with E-state index in [0.717, 1.165) is 24.3 Å². The third kappa shape index (κ3) is 3.19. The lowest BCUT2D eigenvalue weighted by Crippen LogP contribution is -2.50.